The molecule has 1 saturated heterocycles. The Bertz CT molecular complexity index is 515. The Kier molecular flexibility index (Phi) is 4.47. The number of hydrogen-bond acceptors (Lipinski definition) is 5. The van der Waals surface area contributed by atoms with E-state index in [1.54, 1.807) is 24.5 Å². The number of aliphatic hydroxyl groups excluding tert-OH is 1. The van der Waals surface area contributed by atoms with Gasteiger partial charge in [-0.15, -0.1) is 0 Å². The average Bonchev–Trinajstić information content (AvgIpc) is 2.87. The van der Waals surface area contributed by atoms with E-state index >= 15 is 0 Å². The van der Waals surface area contributed by atoms with E-state index in [1.165, 1.54) is 18.1 Å². The van der Waals surface area contributed by atoms with Crippen LogP contribution in [0, 0.1) is 0 Å². The molecule has 2 rings (SSSR count). The SMILES string of the molecule is COC(=O)C1CC(O)CN1C(=O)/C=C/c1cccnc1. The lowest BCUT2D eigenvalue weighted by Gasteiger charge is -2.20. The smallest absolute Gasteiger partial charge is 0.328 e. The summed E-state index contributed by atoms with van der Waals surface area (Å²) in [5.41, 5.74) is 0.787. The third kappa shape index (κ3) is 3.21. The summed E-state index contributed by atoms with van der Waals surface area (Å²) in [6, 6.07) is 2.86. The molecule has 0 bridgehead atoms. The van der Waals surface area contributed by atoms with Crippen molar-refractivity contribution >= 4 is 18.0 Å². The second kappa shape index (κ2) is 6.29. The van der Waals surface area contributed by atoms with Gasteiger partial charge in [0.15, 0.2) is 0 Å². The largest absolute Gasteiger partial charge is 0.467 e. The summed E-state index contributed by atoms with van der Waals surface area (Å²) in [7, 11) is 1.27. The van der Waals surface area contributed by atoms with Crippen LogP contribution in [-0.2, 0) is 14.3 Å². The molecule has 6 heteroatoms. The van der Waals surface area contributed by atoms with Crippen LogP contribution in [0.15, 0.2) is 30.6 Å². The zero-order valence-corrected chi connectivity index (χ0v) is 11.1. The van der Waals surface area contributed by atoms with Gasteiger partial charge in [-0.1, -0.05) is 6.07 Å². The van der Waals surface area contributed by atoms with E-state index in [1.807, 2.05) is 6.07 Å². The molecule has 106 valence electrons. The number of pyridine rings is 1. The number of aliphatic hydroxyl groups is 1. The number of amides is 1. The van der Waals surface area contributed by atoms with Crippen molar-refractivity contribution in [1.82, 2.24) is 9.88 Å². The van der Waals surface area contributed by atoms with Crippen LogP contribution >= 0.6 is 0 Å². The van der Waals surface area contributed by atoms with E-state index in [2.05, 4.69) is 9.72 Å². The molecule has 1 aliphatic heterocycles. The average molecular weight is 276 g/mol. The van der Waals surface area contributed by atoms with Crippen LogP contribution in [0.3, 0.4) is 0 Å². The maximum Gasteiger partial charge on any atom is 0.328 e. The van der Waals surface area contributed by atoms with Crippen LogP contribution in [0.4, 0.5) is 0 Å². The fourth-order valence-corrected chi connectivity index (χ4v) is 2.15. The first-order chi connectivity index (χ1) is 9.61. The number of aromatic nitrogens is 1. The molecule has 2 unspecified atom stereocenters. The Morgan fingerprint density at radius 3 is 3.00 bits per heavy atom. The summed E-state index contributed by atoms with van der Waals surface area (Å²) in [6.45, 7) is 0.135. The van der Waals surface area contributed by atoms with E-state index in [4.69, 9.17) is 0 Å². The van der Waals surface area contributed by atoms with Crippen molar-refractivity contribution in [3.05, 3.63) is 36.2 Å². The highest BCUT2D eigenvalue weighted by molar-refractivity contribution is 5.95. The first-order valence-corrected chi connectivity index (χ1v) is 6.26. The highest BCUT2D eigenvalue weighted by atomic mass is 16.5. The molecule has 0 radical (unpaired) electrons. The molecule has 6 nitrogen and oxygen atoms in total. The Labute approximate surface area is 116 Å². The summed E-state index contributed by atoms with van der Waals surface area (Å²) in [4.78, 5) is 28.9. The minimum absolute atomic E-state index is 0.135. The van der Waals surface area contributed by atoms with E-state index in [-0.39, 0.29) is 18.9 Å². The van der Waals surface area contributed by atoms with Crippen molar-refractivity contribution in [2.75, 3.05) is 13.7 Å². The van der Waals surface area contributed by atoms with Crippen LogP contribution in [0.1, 0.15) is 12.0 Å². The number of β-amino-alcohol motifs (C(OH)–C–C–N with tert-alkyl or cyclic N) is 1. The molecule has 20 heavy (non-hydrogen) atoms. The Morgan fingerprint density at radius 1 is 1.55 bits per heavy atom. The fraction of sp³-hybridized carbons (Fsp3) is 0.357. The van der Waals surface area contributed by atoms with Gasteiger partial charge >= 0.3 is 5.97 Å². The predicted octanol–water partition coefficient (Wildman–Crippen LogP) is 0.230. The van der Waals surface area contributed by atoms with Gasteiger partial charge in [0.2, 0.25) is 5.91 Å². The normalized spacial score (nSPS) is 22.2. The second-order valence-electron chi connectivity index (χ2n) is 4.54. The van der Waals surface area contributed by atoms with E-state index in [0.29, 0.717) is 0 Å². The maximum atomic E-state index is 12.1. The zero-order chi connectivity index (χ0) is 14.5. The number of methoxy groups -OCH3 is 1. The molecule has 1 aromatic heterocycles. The Balaban J connectivity index is 2.07. The van der Waals surface area contributed by atoms with Gasteiger partial charge in [-0.25, -0.2) is 4.79 Å². The number of esters is 1. The number of rotatable bonds is 3. The summed E-state index contributed by atoms with van der Waals surface area (Å²) in [5, 5.41) is 9.61. The molecule has 2 heterocycles. The molecule has 1 amide bonds. The number of ether oxygens (including phenoxy) is 1. The molecule has 1 fully saturated rings. The van der Waals surface area contributed by atoms with Gasteiger partial charge in [0, 0.05) is 31.4 Å². The van der Waals surface area contributed by atoms with Crippen molar-refractivity contribution in [2.45, 2.75) is 18.6 Å². The van der Waals surface area contributed by atoms with Gasteiger partial charge in [-0.05, 0) is 17.7 Å². The minimum Gasteiger partial charge on any atom is -0.467 e. The van der Waals surface area contributed by atoms with Crippen LogP contribution in [0.25, 0.3) is 6.08 Å². The summed E-state index contributed by atoms with van der Waals surface area (Å²) in [5.74, 6) is -0.842. The minimum atomic E-state index is -0.721. The van der Waals surface area contributed by atoms with Crippen molar-refractivity contribution in [1.29, 1.82) is 0 Å². The molecular weight excluding hydrogens is 260 g/mol. The Hall–Kier alpha value is -2.21. The molecule has 1 aliphatic rings. The van der Waals surface area contributed by atoms with Gasteiger partial charge in [0.25, 0.3) is 0 Å². The third-order valence-corrected chi connectivity index (χ3v) is 3.14. The molecule has 1 aromatic rings. The summed E-state index contributed by atoms with van der Waals surface area (Å²) >= 11 is 0. The van der Waals surface area contributed by atoms with E-state index in [0.717, 1.165) is 5.56 Å². The molecule has 0 aliphatic carbocycles. The lowest BCUT2D eigenvalue weighted by atomic mass is 10.2. The third-order valence-electron chi connectivity index (χ3n) is 3.14. The van der Waals surface area contributed by atoms with Crippen molar-refractivity contribution in [2.24, 2.45) is 0 Å². The van der Waals surface area contributed by atoms with Crippen LogP contribution in [0.2, 0.25) is 0 Å². The second-order valence-corrected chi connectivity index (χ2v) is 4.54. The Morgan fingerprint density at radius 2 is 2.35 bits per heavy atom. The number of carbonyl (C=O) groups is 2. The topological polar surface area (TPSA) is 79.7 Å². The van der Waals surface area contributed by atoms with Crippen LogP contribution < -0.4 is 0 Å². The molecular formula is C14H16N2O4. The molecule has 0 spiro atoms. The van der Waals surface area contributed by atoms with Crippen molar-refractivity contribution in [3.63, 3.8) is 0 Å². The molecule has 0 aromatic carbocycles. The molecule has 0 saturated carbocycles. The first kappa shape index (κ1) is 14.2. The lowest BCUT2D eigenvalue weighted by Crippen LogP contribution is -2.40. The van der Waals surface area contributed by atoms with E-state index < -0.39 is 18.1 Å². The van der Waals surface area contributed by atoms with Gasteiger partial charge in [0.1, 0.15) is 6.04 Å². The van der Waals surface area contributed by atoms with Gasteiger partial charge in [-0.3, -0.25) is 9.78 Å². The number of likely N-dealkylation sites (tertiary alicyclic amines) is 1. The van der Waals surface area contributed by atoms with Crippen molar-refractivity contribution in [3.8, 4) is 0 Å². The number of nitrogens with zero attached hydrogens (tertiary/aromatic N) is 2. The lowest BCUT2D eigenvalue weighted by molar-refractivity contribution is -0.149. The summed E-state index contributed by atoms with van der Waals surface area (Å²) < 4.78 is 4.65. The fourth-order valence-electron chi connectivity index (χ4n) is 2.15. The standard InChI is InChI=1S/C14H16N2O4/c1-20-14(19)12-7-11(17)9-16(12)13(18)5-4-10-3-2-6-15-8-10/h2-6,8,11-12,17H,7,9H2,1H3/b5-4+. The highest BCUT2D eigenvalue weighted by Gasteiger charge is 2.38. The first-order valence-electron chi connectivity index (χ1n) is 6.26. The van der Waals surface area contributed by atoms with E-state index in [9.17, 15) is 14.7 Å². The monoisotopic (exact) mass is 276 g/mol. The maximum absolute atomic E-state index is 12.1. The van der Waals surface area contributed by atoms with Crippen LogP contribution in [0.5, 0.6) is 0 Å². The van der Waals surface area contributed by atoms with Gasteiger partial charge in [0.05, 0.1) is 13.2 Å². The van der Waals surface area contributed by atoms with Crippen molar-refractivity contribution < 1.29 is 19.4 Å². The molecule has 2 atom stereocenters. The zero-order valence-electron chi connectivity index (χ0n) is 11.1. The number of carbonyl (C=O) groups excluding carboxylic acids is 2. The van der Waals surface area contributed by atoms with Crippen LogP contribution in [-0.4, -0.2) is 52.7 Å². The quantitative estimate of drug-likeness (QED) is 0.631. The number of hydrogen-bond donors (Lipinski definition) is 1. The predicted molar refractivity (Wildman–Crippen MR) is 71.4 cm³/mol. The van der Waals surface area contributed by atoms with Gasteiger partial charge in [-0.2, -0.15) is 0 Å². The molecule has 1 N–H and O–H groups in total. The summed E-state index contributed by atoms with van der Waals surface area (Å²) in [6.07, 6.45) is 5.76. The highest BCUT2D eigenvalue weighted by Crippen LogP contribution is 2.19. The van der Waals surface area contributed by atoms with Gasteiger partial charge < -0.3 is 14.7 Å².